The van der Waals surface area contributed by atoms with Gasteiger partial charge in [-0.3, -0.25) is 0 Å². The number of rotatable bonds is 0. The summed E-state index contributed by atoms with van der Waals surface area (Å²) >= 11 is 0. The van der Waals surface area contributed by atoms with Crippen LogP contribution < -0.4 is 0 Å². The van der Waals surface area contributed by atoms with Crippen LogP contribution in [0.2, 0.25) is 0 Å². The average Bonchev–Trinajstić information content (AvgIpc) is 1.90. The van der Waals surface area contributed by atoms with Crippen molar-refractivity contribution in [3.8, 4) is 0 Å². The predicted octanol–water partition coefficient (Wildman–Crippen LogP) is 3.11. The molecular weight excluding hydrogens is 177 g/mol. The lowest BCUT2D eigenvalue weighted by Gasteiger charge is -2.25. The molecule has 1 aliphatic rings. The average molecular weight is 186 g/mol. The van der Waals surface area contributed by atoms with Crippen LogP contribution in [-0.4, -0.2) is 0 Å². The van der Waals surface area contributed by atoms with Crippen LogP contribution in [-0.2, 0) is 19.0 Å². The summed E-state index contributed by atoms with van der Waals surface area (Å²) in [6.07, 6.45) is -2.81. The number of benzene rings is 1. The zero-order valence-electron chi connectivity index (χ0n) is 7.20. The molecule has 0 aliphatic heterocycles. The Morgan fingerprint density at radius 3 is 2.15 bits per heavy atom. The molecule has 1 aromatic carbocycles. The topological polar surface area (TPSA) is 0 Å². The Kier molecular flexibility index (Phi) is 1.65. The SMILES string of the molecule is Cc1ccc(C(F)(F)F)c2c1CC2. The van der Waals surface area contributed by atoms with Gasteiger partial charge in [-0.25, -0.2) is 0 Å². The molecule has 0 atom stereocenters. The maximum Gasteiger partial charge on any atom is 0.416 e. The second-order valence-electron chi connectivity index (χ2n) is 3.38. The Bertz CT molecular complexity index is 350. The standard InChI is InChI=1S/C10H9F3/c1-6-2-5-9(10(11,12)13)8-4-3-7(6)8/h2,5H,3-4H2,1H3. The van der Waals surface area contributed by atoms with Crippen molar-refractivity contribution in [3.05, 3.63) is 34.4 Å². The minimum Gasteiger partial charge on any atom is -0.166 e. The molecule has 13 heavy (non-hydrogen) atoms. The molecule has 0 saturated heterocycles. The molecule has 0 saturated carbocycles. The highest BCUT2D eigenvalue weighted by atomic mass is 19.4. The fourth-order valence-electron chi connectivity index (χ4n) is 1.78. The molecule has 1 aliphatic carbocycles. The Morgan fingerprint density at radius 2 is 1.69 bits per heavy atom. The molecule has 3 heteroatoms. The van der Waals surface area contributed by atoms with Gasteiger partial charge in [-0.15, -0.1) is 0 Å². The van der Waals surface area contributed by atoms with Crippen LogP contribution in [0.15, 0.2) is 12.1 Å². The van der Waals surface area contributed by atoms with E-state index in [-0.39, 0.29) is 0 Å². The van der Waals surface area contributed by atoms with Gasteiger partial charge in [0.05, 0.1) is 5.56 Å². The molecular formula is C10H9F3. The first-order valence-electron chi connectivity index (χ1n) is 4.18. The monoisotopic (exact) mass is 186 g/mol. The van der Waals surface area contributed by atoms with Crippen molar-refractivity contribution in [1.82, 2.24) is 0 Å². The van der Waals surface area contributed by atoms with Crippen molar-refractivity contribution < 1.29 is 13.2 Å². The fourth-order valence-corrected chi connectivity index (χ4v) is 1.78. The predicted molar refractivity (Wildman–Crippen MR) is 43.6 cm³/mol. The molecule has 0 nitrogen and oxygen atoms in total. The lowest BCUT2D eigenvalue weighted by molar-refractivity contribution is -0.138. The Balaban J connectivity index is 2.56. The lowest BCUT2D eigenvalue weighted by Crippen LogP contribution is -2.19. The highest BCUT2D eigenvalue weighted by Crippen LogP contribution is 2.38. The molecule has 70 valence electrons. The second kappa shape index (κ2) is 2.50. The number of halogens is 3. The smallest absolute Gasteiger partial charge is 0.166 e. The van der Waals surface area contributed by atoms with Crippen LogP contribution in [0.1, 0.15) is 22.3 Å². The normalized spacial score (nSPS) is 15.1. The molecule has 1 aromatic rings. The van der Waals surface area contributed by atoms with Gasteiger partial charge in [-0.2, -0.15) is 13.2 Å². The zero-order valence-corrected chi connectivity index (χ0v) is 7.20. The Hall–Kier alpha value is -0.990. The van der Waals surface area contributed by atoms with E-state index >= 15 is 0 Å². The van der Waals surface area contributed by atoms with Crippen LogP contribution in [0.4, 0.5) is 13.2 Å². The van der Waals surface area contributed by atoms with Crippen LogP contribution >= 0.6 is 0 Å². The number of aryl methyl sites for hydroxylation is 1. The highest BCUT2D eigenvalue weighted by molar-refractivity contribution is 5.47. The Morgan fingerprint density at radius 1 is 1.08 bits per heavy atom. The molecule has 0 N–H and O–H groups in total. The minimum atomic E-state index is -4.18. The van der Waals surface area contributed by atoms with E-state index in [1.165, 1.54) is 6.07 Å². The number of alkyl halides is 3. The molecule has 0 bridgehead atoms. The number of hydrogen-bond acceptors (Lipinski definition) is 0. The van der Waals surface area contributed by atoms with E-state index in [0.717, 1.165) is 17.5 Å². The van der Waals surface area contributed by atoms with Crippen LogP contribution in [0, 0.1) is 6.92 Å². The molecule has 0 spiro atoms. The third-order valence-corrected chi connectivity index (χ3v) is 2.60. The Labute approximate surface area is 74.4 Å². The number of fused-ring (bicyclic) bond motifs is 1. The molecule has 0 radical (unpaired) electrons. The molecule has 2 rings (SSSR count). The van der Waals surface area contributed by atoms with E-state index in [1.807, 2.05) is 6.92 Å². The third kappa shape index (κ3) is 1.23. The van der Waals surface area contributed by atoms with E-state index in [1.54, 1.807) is 6.07 Å². The summed E-state index contributed by atoms with van der Waals surface area (Å²) in [5, 5.41) is 0. The van der Waals surface area contributed by atoms with Crippen molar-refractivity contribution in [3.63, 3.8) is 0 Å². The van der Waals surface area contributed by atoms with Crippen molar-refractivity contribution in [2.24, 2.45) is 0 Å². The van der Waals surface area contributed by atoms with Gasteiger partial charge in [0.15, 0.2) is 0 Å². The molecule has 0 aromatic heterocycles. The summed E-state index contributed by atoms with van der Waals surface area (Å²) in [6.45, 7) is 1.86. The minimum absolute atomic E-state index is 0.445. The van der Waals surface area contributed by atoms with E-state index < -0.39 is 11.7 Å². The van der Waals surface area contributed by atoms with Gasteiger partial charge in [-0.1, -0.05) is 6.07 Å². The largest absolute Gasteiger partial charge is 0.416 e. The summed E-state index contributed by atoms with van der Waals surface area (Å²) in [5.41, 5.74) is 1.94. The molecule has 0 fully saturated rings. The van der Waals surface area contributed by atoms with Crippen molar-refractivity contribution in [1.29, 1.82) is 0 Å². The van der Waals surface area contributed by atoms with Gasteiger partial charge in [-0.05, 0) is 42.5 Å². The quantitative estimate of drug-likeness (QED) is 0.584. The van der Waals surface area contributed by atoms with Crippen molar-refractivity contribution in [2.75, 3.05) is 0 Å². The van der Waals surface area contributed by atoms with Gasteiger partial charge in [0.2, 0.25) is 0 Å². The van der Waals surface area contributed by atoms with Gasteiger partial charge in [0.1, 0.15) is 0 Å². The summed E-state index contributed by atoms with van der Waals surface area (Å²) in [4.78, 5) is 0. The summed E-state index contributed by atoms with van der Waals surface area (Å²) < 4.78 is 37.2. The molecule has 0 heterocycles. The first-order valence-corrected chi connectivity index (χ1v) is 4.18. The van der Waals surface area contributed by atoms with Crippen molar-refractivity contribution in [2.45, 2.75) is 25.9 Å². The summed E-state index contributed by atoms with van der Waals surface area (Å²) in [5.74, 6) is 0. The van der Waals surface area contributed by atoms with E-state index in [2.05, 4.69) is 0 Å². The fraction of sp³-hybridized carbons (Fsp3) is 0.400. The van der Waals surface area contributed by atoms with Crippen molar-refractivity contribution >= 4 is 0 Å². The zero-order chi connectivity index (χ0) is 9.64. The number of hydrogen-bond donors (Lipinski definition) is 0. The summed E-state index contributed by atoms with van der Waals surface area (Å²) in [7, 11) is 0. The van der Waals surface area contributed by atoms with Crippen LogP contribution in [0.25, 0.3) is 0 Å². The van der Waals surface area contributed by atoms with E-state index in [0.29, 0.717) is 12.0 Å². The van der Waals surface area contributed by atoms with Gasteiger partial charge < -0.3 is 0 Å². The molecule has 0 amide bonds. The summed E-state index contributed by atoms with van der Waals surface area (Å²) in [6, 6.07) is 2.74. The molecule has 0 unspecified atom stereocenters. The van der Waals surface area contributed by atoms with E-state index in [9.17, 15) is 13.2 Å². The second-order valence-corrected chi connectivity index (χ2v) is 3.38. The van der Waals surface area contributed by atoms with Crippen LogP contribution in [0.5, 0.6) is 0 Å². The van der Waals surface area contributed by atoms with Crippen LogP contribution in [0.3, 0.4) is 0 Å². The van der Waals surface area contributed by atoms with Gasteiger partial charge in [0, 0.05) is 0 Å². The van der Waals surface area contributed by atoms with Gasteiger partial charge >= 0.3 is 6.18 Å². The maximum atomic E-state index is 12.4. The first kappa shape index (κ1) is 8.60. The third-order valence-electron chi connectivity index (χ3n) is 2.60. The maximum absolute atomic E-state index is 12.4. The van der Waals surface area contributed by atoms with E-state index in [4.69, 9.17) is 0 Å². The highest BCUT2D eigenvalue weighted by Gasteiger charge is 2.36. The lowest BCUT2D eigenvalue weighted by atomic mass is 9.81. The van der Waals surface area contributed by atoms with Gasteiger partial charge in [0.25, 0.3) is 0 Å². The first-order chi connectivity index (χ1) is 6.00.